The Kier molecular flexibility index (Phi) is 5.41. The molecule has 2 aromatic rings. The van der Waals surface area contributed by atoms with Crippen LogP contribution in [-0.2, 0) is 6.61 Å². The number of aliphatic hydroxyl groups excluding tert-OH is 1. The van der Waals surface area contributed by atoms with Gasteiger partial charge in [0.05, 0.1) is 23.8 Å². The monoisotopic (exact) mass is 277 g/mol. The lowest BCUT2D eigenvalue weighted by Gasteiger charge is -2.08. The molecule has 3 nitrogen and oxygen atoms in total. The van der Waals surface area contributed by atoms with Gasteiger partial charge in [-0.25, -0.2) is 0 Å². The predicted octanol–water partition coefficient (Wildman–Crippen LogP) is 2.87. The van der Waals surface area contributed by atoms with Gasteiger partial charge in [-0.1, -0.05) is 36.1 Å². The van der Waals surface area contributed by atoms with Gasteiger partial charge in [0.25, 0.3) is 0 Å². The van der Waals surface area contributed by atoms with Crippen molar-refractivity contribution < 1.29 is 9.84 Å². The summed E-state index contributed by atoms with van der Waals surface area (Å²) in [5.74, 6) is 6.57. The van der Waals surface area contributed by atoms with E-state index in [1.54, 1.807) is 12.1 Å². The van der Waals surface area contributed by atoms with Crippen LogP contribution in [0.15, 0.2) is 48.5 Å². The number of aliphatic hydroxyl groups is 1. The van der Waals surface area contributed by atoms with Gasteiger partial charge in [-0.15, -0.1) is 0 Å². The lowest BCUT2D eigenvalue weighted by Crippen LogP contribution is -1.97. The van der Waals surface area contributed by atoms with Crippen molar-refractivity contribution in [2.24, 2.45) is 0 Å². The van der Waals surface area contributed by atoms with Crippen molar-refractivity contribution in [1.82, 2.24) is 0 Å². The molecule has 0 unspecified atom stereocenters. The van der Waals surface area contributed by atoms with E-state index in [-0.39, 0.29) is 6.61 Å². The number of ether oxygens (including phenoxy) is 1. The van der Waals surface area contributed by atoms with E-state index in [1.807, 2.05) is 36.4 Å². The van der Waals surface area contributed by atoms with Crippen molar-refractivity contribution in [2.75, 3.05) is 6.61 Å². The maximum Gasteiger partial charge on any atom is 0.135 e. The standard InChI is InChI=1S/C18H15NO2/c19-13-15-6-5-7-16(12-15)14-21-18-10-2-1-8-17(18)9-3-4-11-20/h1-2,5-8,10,12,20H,4,11,14H2. The molecule has 2 aromatic carbocycles. The second-order valence-electron chi connectivity index (χ2n) is 4.37. The highest BCUT2D eigenvalue weighted by molar-refractivity contribution is 5.46. The quantitative estimate of drug-likeness (QED) is 0.874. The van der Waals surface area contributed by atoms with Crippen LogP contribution in [0.25, 0.3) is 0 Å². The summed E-state index contributed by atoms with van der Waals surface area (Å²) in [7, 11) is 0. The van der Waals surface area contributed by atoms with Crippen molar-refractivity contribution in [3.05, 3.63) is 65.2 Å². The van der Waals surface area contributed by atoms with E-state index in [4.69, 9.17) is 15.1 Å². The molecular weight excluding hydrogens is 262 g/mol. The van der Waals surface area contributed by atoms with Crippen LogP contribution >= 0.6 is 0 Å². The summed E-state index contributed by atoms with van der Waals surface area (Å²) >= 11 is 0. The van der Waals surface area contributed by atoms with Gasteiger partial charge < -0.3 is 9.84 Å². The van der Waals surface area contributed by atoms with E-state index < -0.39 is 0 Å². The number of hydrogen-bond acceptors (Lipinski definition) is 3. The second kappa shape index (κ2) is 7.75. The molecule has 21 heavy (non-hydrogen) atoms. The first-order chi connectivity index (χ1) is 10.3. The fraction of sp³-hybridized carbons (Fsp3) is 0.167. The Morgan fingerprint density at radius 1 is 1.10 bits per heavy atom. The lowest BCUT2D eigenvalue weighted by molar-refractivity contribution is 0.304. The van der Waals surface area contributed by atoms with Crippen molar-refractivity contribution in [1.29, 1.82) is 5.26 Å². The fourth-order valence-corrected chi connectivity index (χ4v) is 1.80. The largest absolute Gasteiger partial charge is 0.488 e. The third-order valence-electron chi connectivity index (χ3n) is 2.80. The molecule has 0 bridgehead atoms. The number of nitriles is 1. The molecular formula is C18H15NO2. The second-order valence-corrected chi connectivity index (χ2v) is 4.37. The fourth-order valence-electron chi connectivity index (χ4n) is 1.80. The van der Waals surface area contributed by atoms with Gasteiger partial charge in [0.15, 0.2) is 0 Å². The first-order valence-electron chi connectivity index (χ1n) is 6.64. The molecule has 0 aliphatic heterocycles. The highest BCUT2D eigenvalue weighted by Crippen LogP contribution is 2.18. The molecule has 0 aliphatic carbocycles. The van der Waals surface area contributed by atoms with E-state index in [0.717, 1.165) is 11.1 Å². The molecule has 0 spiro atoms. The van der Waals surface area contributed by atoms with Gasteiger partial charge in [0, 0.05) is 6.42 Å². The van der Waals surface area contributed by atoms with E-state index in [1.165, 1.54) is 0 Å². The molecule has 0 atom stereocenters. The number of para-hydroxylation sites is 1. The summed E-state index contributed by atoms with van der Waals surface area (Å²) in [6.07, 6.45) is 0.443. The van der Waals surface area contributed by atoms with E-state index >= 15 is 0 Å². The van der Waals surface area contributed by atoms with Crippen molar-refractivity contribution >= 4 is 0 Å². The highest BCUT2D eigenvalue weighted by Gasteiger charge is 2.01. The van der Waals surface area contributed by atoms with E-state index in [2.05, 4.69) is 17.9 Å². The van der Waals surface area contributed by atoms with Gasteiger partial charge in [0.1, 0.15) is 12.4 Å². The van der Waals surface area contributed by atoms with Gasteiger partial charge >= 0.3 is 0 Å². The van der Waals surface area contributed by atoms with Crippen molar-refractivity contribution in [2.45, 2.75) is 13.0 Å². The Balaban J connectivity index is 2.10. The summed E-state index contributed by atoms with van der Waals surface area (Å²) in [4.78, 5) is 0. The molecule has 3 heteroatoms. The summed E-state index contributed by atoms with van der Waals surface area (Å²) in [5, 5.41) is 17.6. The molecule has 2 rings (SSSR count). The zero-order valence-electron chi connectivity index (χ0n) is 11.5. The van der Waals surface area contributed by atoms with Gasteiger partial charge in [0.2, 0.25) is 0 Å². The topological polar surface area (TPSA) is 53.2 Å². The predicted molar refractivity (Wildman–Crippen MR) is 80.5 cm³/mol. The van der Waals surface area contributed by atoms with E-state index in [0.29, 0.717) is 24.3 Å². The molecule has 0 fully saturated rings. The van der Waals surface area contributed by atoms with Crippen LogP contribution in [0.2, 0.25) is 0 Å². The average Bonchev–Trinajstić information content (AvgIpc) is 2.54. The molecule has 0 saturated heterocycles. The van der Waals surface area contributed by atoms with Crippen molar-refractivity contribution in [3.63, 3.8) is 0 Å². The maximum atomic E-state index is 8.88. The van der Waals surface area contributed by atoms with Crippen LogP contribution in [0.1, 0.15) is 23.1 Å². The smallest absolute Gasteiger partial charge is 0.135 e. The Morgan fingerprint density at radius 2 is 1.95 bits per heavy atom. The minimum absolute atomic E-state index is 0.0526. The SMILES string of the molecule is N#Cc1cccc(COc2ccccc2C#CCCO)c1. The summed E-state index contributed by atoms with van der Waals surface area (Å²) in [6, 6.07) is 17.0. The Labute approximate surface area is 124 Å². The van der Waals surface area contributed by atoms with Crippen LogP contribution < -0.4 is 4.74 Å². The molecule has 0 heterocycles. The van der Waals surface area contributed by atoms with Crippen molar-refractivity contribution in [3.8, 4) is 23.7 Å². The number of nitrogens with zero attached hydrogens (tertiary/aromatic N) is 1. The van der Waals surface area contributed by atoms with Crippen LogP contribution in [0.5, 0.6) is 5.75 Å². The summed E-state index contributed by atoms with van der Waals surface area (Å²) in [6.45, 7) is 0.436. The van der Waals surface area contributed by atoms with Gasteiger partial charge in [-0.3, -0.25) is 0 Å². The normalized spacial score (nSPS) is 9.33. The highest BCUT2D eigenvalue weighted by atomic mass is 16.5. The molecule has 1 N–H and O–H groups in total. The molecule has 104 valence electrons. The number of hydrogen-bond donors (Lipinski definition) is 1. The zero-order valence-corrected chi connectivity index (χ0v) is 11.5. The molecule has 0 amide bonds. The van der Waals surface area contributed by atoms with Crippen LogP contribution in [0.3, 0.4) is 0 Å². The van der Waals surface area contributed by atoms with Gasteiger partial charge in [-0.05, 0) is 29.8 Å². The lowest BCUT2D eigenvalue weighted by atomic mass is 10.1. The Bertz CT molecular complexity index is 705. The third-order valence-corrected chi connectivity index (χ3v) is 2.80. The minimum atomic E-state index is 0.0526. The third kappa shape index (κ3) is 4.38. The maximum absolute atomic E-state index is 8.88. The zero-order chi connectivity index (χ0) is 14.9. The van der Waals surface area contributed by atoms with Gasteiger partial charge in [-0.2, -0.15) is 5.26 Å². The summed E-state index contributed by atoms with van der Waals surface area (Å²) in [5.41, 5.74) is 2.35. The van der Waals surface area contributed by atoms with Crippen LogP contribution in [-0.4, -0.2) is 11.7 Å². The molecule has 0 radical (unpaired) electrons. The van der Waals surface area contributed by atoms with E-state index in [9.17, 15) is 0 Å². The Hall–Kier alpha value is -2.75. The van der Waals surface area contributed by atoms with Crippen LogP contribution in [0, 0.1) is 23.2 Å². The number of benzene rings is 2. The summed E-state index contributed by atoms with van der Waals surface area (Å²) < 4.78 is 5.78. The number of rotatable bonds is 4. The average molecular weight is 277 g/mol. The van der Waals surface area contributed by atoms with Crippen LogP contribution in [0.4, 0.5) is 0 Å². The minimum Gasteiger partial charge on any atom is -0.488 e. The molecule has 0 aromatic heterocycles. The first-order valence-corrected chi connectivity index (χ1v) is 6.64. The molecule has 0 saturated carbocycles. The Morgan fingerprint density at radius 3 is 2.76 bits per heavy atom. The molecule has 0 aliphatic rings. The first kappa shape index (κ1) is 14.7.